The normalized spacial score (nSPS) is 20.6. The monoisotopic (exact) mass is 536 g/mol. The minimum Gasteiger partial charge on any atom is -0.465 e. The predicted octanol–water partition coefficient (Wildman–Crippen LogP) is 6.66. The summed E-state index contributed by atoms with van der Waals surface area (Å²) in [6.45, 7) is 5.36. The van der Waals surface area contributed by atoms with Gasteiger partial charge in [-0.15, -0.1) is 0 Å². The highest BCUT2D eigenvalue weighted by molar-refractivity contribution is 5.64. The second-order valence-corrected chi connectivity index (χ2v) is 11.1. The van der Waals surface area contributed by atoms with E-state index in [1.54, 1.807) is 18.8 Å². The third kappa shape index (κ3) is 5.19. The topological polar surface area (TPSA) is 55.9 Å². The molecule has 40 heavy (non-hydrogen) atoms. The zero-order chi connectivity index (χ0) is 26.7. The number of furan rings is 1. The summed E-state index contributed by atoms with van der Waals surface area (Å²) >= 11 is 0. The van der Waals surface area contributed by atoms with Crippen molar-refractivity contribution >= 4 is 5.76 Å². The van der Waals surface area contributed by atoms with Crippen molar-refractivity contribution in [1.29, 1.82) is 0 Å². The molecule has 7 nitrogen and oxygen atoms in total. The van der Waals surface area contributed by atoms with Crippen LogP contribution in [-0.2, 0) is 16.0 Å². The first kappa shape index (κ1) is 25.2. The quantitative estimate of drug-likeness (QED) is 0.337. The fourth-order valence-electron chi connectivity index (χ4n) is 6.33. The Hall–Kier alpha value is -3.81. The fourth-order valence-corrected chi connectivity index (χ4v) is 6.33. The van der Waals surface area contributed by atoms with Crippen LogP contribution in [0, 0.1) is 0 Å². The van der Waals surface area contributed by atoms with Crippen LogP contribution in [0.4, 0.5) is 0 Å². The molecule has 2 fully saturated rings. The zero-order valence-electron chi connectivity index (χ0n) is 22.9. The van der Waals surface area contributed by atoms with Crippen molar-refractivity contribution in [3.63, 3.8) is 0 Å². The van der Waals surface area contributed by atoms with Crippen molar-refractivity contribution in [1.82, 2.24) is 19.6 Å². The standard InChI is InChI=1S/C33H36N4O3/c1-2-7-25(8-3-1)31-23-38-24-32(40-31)26-12-14-29(15-13-26)37-33(30-11-6-20-39-30)27(21-34-37)22-35-16-18-36(19-17-35)28-9-4-5-10-28/h1-2,6-7,11-15,20-21,23-24,28H,3-5,8-10,16-19,22H2. The molecule has 0 bridgehead atoms. The SMILES string of the molecule is C1=CCCC(C2=COC=C(c3ccc(-n4ncc(CN5CCN(C6CCCC6)CC5)c4-c4ccco4)cc3)O2)=C1. The third-order valence-electron chi connectivity index (χ3n) is 8.54. The van der Waals surface area contributed by atoms with Crippen LogP contribution in [0.2, 0.25) is 0 Å². The van der Waals surface area contributed by atoms with Gasteiger partial charge in [0, 0.05) is 49.9 Å². The lowest BCUT2D eigenvalue weighted by atomic mass is 10.0. The van der Waals surface area contributed by atoms with Crippen molar-refractivity contribution < 1.29 is 13.9 Å². The molecule has 2 aromatic heterocycles. The maximum Gasteiger partial charge on any atom is 0.169 e. The first-order chi connectivity index (χ1) is 19.8. The third-order valence-corrected chi connectivity index (χ3v) is 8.54. The van der Waals surface area contributed by atoms with Gasteiger partial charge in [-0.2, -0.15) is 5.10 Å². The maximum atomic E-state index is 6.22. The van der Waals surface area contributed by atoms with E-state index in [2.05, 4.69) is 52.3 Å². The molecule has 206 valence electrons. The minimum absolute atomic E-state index is 0.698. The summed E-state index contributed by atoms with van der Waals surface area (Å²) in [4.78, 5) is 5.26. The average molecular weight is 537 g/mol. The zero-order valence-corrected chi connectivity index (χ0v) is 22.9. The van der Waals surface area contributed by atoms with Gasteiger partial charge in [-0.1, -0.05) is 31.1 Å². The lowest BCUT2D eigenvalue weighted by molar-refractivity contribution is 0.0938. The molecule has 0 radical (unpaired) electrons. The molecule has 4 aliphatic rings. The van der Waals surface area contributed by atoms with Crippen LogP contribution in [0.1, 0.15) is 49.7 Å². The van der Waals surface area contributed by atoms with E-state index in [1.807, 2.05) is 23.0 Å². The summed E-state index contributed by atoms with van der Waals surface area (Å²) in [5.74, 6) is 2.30. The Morgan fingerprint density at radius 1 is 0.925 bits per heavy atom. The fraction of sp³-hybridized carbons (Fsp3) is 0.364. The van der Waals surface area contributed by atoms with Gasteiger partial charge in [-0.25, -0.2) is 4.68 Å². The van der Waals surface area contributed by atoms with E-state index in [-0.39, 0.29) is 0 Å². The minimum atomic E-state index is 0.698. The molecule has 1 saturated heterocycles. The molecule has 1 aromatic carbocycles. The summed E-state index contributed by atoms with van der Waals surface area (Å²) in [6, 6.07) is 13.0. The first-order valence-corrected chi connectivity index (χ1v) is 14.6. The molecule has 3 aromatic rings. The molecule has 0 amide bonds. The molecule has 0 atom stereocenters. The Morgan fingerprint density at radius 2 is 1.75 bits per heavy atom. The number of hydrogen-bond acceptors (Lipinski definition) is 6. The number of ether oxygens (including phenoxy) is 2. The summed E-state index contributed by atoms with van der Waals surface area (Å²) in [6.07, 6.45) is 20.9. The number of rotatable bonds is 7. The number of nitrogens with zero attached hydrogens (tertiary/aromatic N) is 4. The van der Waals surface area contributed by atoms with Crippen LogP contribution in [0.5, 0.6) is 0 Å². The Kier molecular flexibility index (Phi) is 7.15. The number of allylic oxidation sites excluding steroid dienone is 4. The van der Waals surface area contributed by atoms with Gasteiger partial charge in [0.1, 0.15) is 18.2 Å². The van der Waals surface area contributed by atoms with Gasteiger partial charge >= 0.3 is 0 Å². The van der Waals surface area contributed by atoms with E-state index in [0.717, 1.165) is 85.6 Å². The van der Waals surface area contributed by atoms with Gasteiger partial charge in [0.25, 0.3) is 0 Å². The molecule has 2 aliphatic heterocycles. The summed E-state index contributed by atoms with van der Waals surface area (Å²) in [7, 11) is 0. The Bertz CT molecular complexity index is 1430. The molecular formula is C33H36N4O3. The summed E-state index contributed by atoms with van der Waals surface area (Å²) in [5.41, 5.74) is 5.27. The molecular weight excluding hydrogens is 500 g/mol. The highest BCUT2D eigenvalue weighted by Crippen LogP contribution is 2.33. The van der Waals surface area contributed by atoms with Crippen molar-refractivity contribution in [3.8, 4) is 17.1 Å². The van der Waals surface area contributed by atoms with Gasteiger partial charge in [0.15, 0.2) is 17.3 Å². The van der Waals surface area contributed by atoms with E-state index >= 15 is 0 Å². The van der Waals surface area contributed by atoms with Crippen molar-refractivity contribution in [2.45, 2.75) is 51.1 Å². The van der Waals surface area contributed by atoms with E-state index in [1.165, 1.54) is 31.2 Å². The Labute approximate surface area is 235 Å². The number of benzene rings is 1. The Balaban J connectivity index is 1.08. The van der Waals surface area contributed by atoms with Crippen LogP contribution in [-0.4, -0.2) is 51.8 Å². The summed E-state index contributed by atoms with van der Waals surface area (Å²) < 4.78 is 19.7. The van der Waals surface area contributed by atoms with Gasteiger partial charge in [0.2, 0.25) is 0 Å². The van der Waals surface area contributed by atoms with Crippen molar-refractivity contribution in [2.75, 3.05) is 26.2 Å². The molecule has 0 N–H and O–H groups in total. The number of hydrogen-bond donors (Lipinski definition) is 0. The molecule has 7 rings (SSSR count). The smallest absolute Gasteiger partial charge is 0.169 e. The second kappa shape index (κ2) is 11.4. The van der Waals surface area contributed by atoms with Crippen LogP contribution < -0.4 is 0 Å². The molecule has 7 heteroatoms. The van der Waals surface area contributed by atoms with E-state index in [9.17, 15) is 0 Å². The van der Waals surface area contributed by atoms with Gasteiger partial charge in [0.05, 0.1) is 18.1 Å². The van der Waals surface area contributed by atoms with Gasteiger partial charge in [-0.05, 0) is 67.7 Å². The van der Waals surface area contributed by atoms with Crippen LogP contribution >= 0.6 is 0 Å². The van der Waals surface area contributed by atoms with Crippen LogP contribution in [0.25, 0.3) is 22.9 Å². The van der Waals surface area contributed by atoms with Gasteiger partial charge in [-0.3, -0.25) is 9.80 Å². The Morgan fingerprint density at radius 3 is 2.50 bits per heavy atom. The van der Waals surface area contributed by atoms with E-state index in [4.69, 9.17) is 19.0 Å². The highest BCUT2D eigenvalue weighted by Gasteiger charge is 2.27. The molecule has 0 spiro atoms. The predicted molar refractivity (Wildman–Crippen MR) is 155 cm³/mol. The second-order valence-electron chi connectivity index (χ2n) is 11.1. The van der Waals surface area contributed by atoms with Crippen molar-refractivity contribution in [2.24, 2.45) is 0 Å². The van der Waals surface area contributed by atoms with Gasteiger partial charge < -0.3 is 13.9 Å². The lowest BCUT2D eigenvalue weighted by Crippen LogP contribution is -2.49. The van der Waals surface area contributed by atoms with Crippen molar-refractivity contribution in [3.05, 3.63) is 102 Å². The van der Waals surface area contributed by atoms with Crippen LogP contribution in [0.15, 0.2) is 95.4 Å². The lowest BCUT2D eigenvalue weighted by Gasteiger charge is -2.38. The number of aromatic nitrogens is 2. The first-order valence-electron chi connectivity index (χ1n) is 14.6. The largest absolute Gasteiger partial charge is 0.465 e. The summed E-state index contributed by atoms with van der Waals surface area (Å²) in [5, 5.41) is 4.83. The molecule has 2 aliphatic carbocycles. The molecule has 1 saturated carbocycles. The van der Waals surface area contributed by atoms with Crippen LogP contribution in [0.3, 0.4) is 0 Å². The van der Waals surface area contributed by atoms with E-state index in [0.29, 0.717) is 5.76 Å². The van der Waals surface area contributed by atoms with E-state index < -0.39 is 0 Å². The highest BCUT2D eigenvalue weighted by atomic mass is 16.5. The molecule has 4 heterocycles. The number of piperazine rings is 1. The molecule has 0 unspecified atom stereocenters. The maximum absolute atomic E-state index is 6.22. The average Bonchev–Trinajstić information content (AvgIpc) is 3.81.